The van der Waals surface area contributed by atoms with Crippen molar-refractivity contribution in [3.63, 3.8) is 0 Å². The molecule has 11 nitrogen and oxygen atoms in total. The van der Waals surface area contributed by atoms with Crippen molar-refractivity contribution in [2.24, 2.45) is 5.10 Å². The smallest absolute Gasteiger partial charge is 0.414 e. The van der Waals surface area contributed by atoms with Gasteiger partial charge < -0.3 is 9.47 Å². The number of aromatic nitrogens is 2. The molecule has 2 amide bonds. The van der Waals surface area contributed by atoms with Crippen LogP contribution in [0.2, 0.25) is 10.0 Å². The lowest BCUT2D eigenvalue weighted by molar-refractivity contribution is -0.114. The van der Waals surface area contributed by atoms with Crippen LogP contribution in [0, 0.1) is 11.3 Å². The van der Waals surface area contributed by atoms with E-state index in [2.05, 4.69) is 25.5 Å². The first-order valence-corrected chi connectivity index (χ1v) is 9.74. The summed E-state index contributed by atoms with van der Waals surface area (Å²) in [6.07, 6.45) is -1.08. The van der Waals surface area contributed by atoms with Crippen molar-refractivity contribution >= 4 is 46.6 Å². The number of amides is 2. The molecule has 1 aromatic carbocycles. The second kappa shape index (κ2) is 11.1. The highest BCUT2D eigenvalue weighted by atomic mass is 35.5. The van der Waals surface area contributed by atoms with Gasteiger partial charge in [0.15, 0.2) is 5.75 Å². The van der Waals surface area contributed by atoms with Gasteiger partial charge in [-0.1, -0.05) is 37.0 Å². The van der Waals surface area contributed by atoms with Crippen LogP contribution in [0.1, 0.15) is 35.0 Å². The second-order valence-corrected chi connectivity index (χ2v) is 6.94. The monoisotopic (exact) mass is 482 g/mol. The first kappa shape index (κ1) is 21.6. The Morgan fingerprint density at radius 3 is 2.59 bits per heavy atom. The van der Waals surface area contributed by atoms with Gasteiger partial charge in [0.2, 0.25) is 11.6 Å². The molecule has 3 N–H and O–H groups in total. The normalized spacial score (nSPS) is 11.8. The number of carbonyl (C=O) groups is 2. The number of rotatable bonds is 7. The van der Waals surface area contributed by atoms with Crippen LogP contribution < -0.4 is 21.0 Å². The maximum absolute atomic E-state index is 11.9. The molecule has 0 atom stereocenters. The van der Waals surface area contributed by atoms with Gasteiger partial charge in [-0.15, -0.1) is 5.10 Å². The molecule has 2 rings (SSSR count). The van der Waals surface area contributed by atoms with E-state index in [0.717, 1.165) is 0 Å². The lowest BCUT2D eigenvalue weighted by atomic mass is 10.1. The van der Waals surface area contributed by atoms with E-state index in [9.17, 15) is 14.4 Å². The standard InChI is InChI=1S/C19H18Cl2N6O5/c1-4-31-19(30)23-18(29)14(8-22)25-24-10-5-12(20)16(13(21)6-10)32-15-7-11(9(2)3)17(28)27-26-15/h5-7,9,24H,4H2,1-3H3,(H,27,28)(H,23,29,30)/b25-14+/i5D,6D. The minimum absolute atomic E-state index is 0.000413. The topological polar surface area (TPSA) is 159 Å². The molecule has 0 aliphatic carbocycles. The van der Waals surface area contributed by atoms with Crippen molar-refractivity contribution < 1.29 is 21.8 Å². The maximum atomic E-state index is 11.9. The van der Waals surface area contributed by atoms with E-state index < -0.39 is 35.4 Å². The van der Waals surface area contributed by atoms with Gasteiger partial charge in [-0.25, -0.2) is 9.89 Å². The van der Waals surface area contributed by atoms with Gasteiger partial charge in [-0.3, -0.25) is 20.3 Å². The fourth-order valence-corrected chi connectivity index (χ4v) is 2.65. The van der Waals surface area contributed by atoms with Gasteiger partial charge in [0.1, 0.15) is 6.07 Å². The molecular formula is C19H18Cl2N6O5. The molecule has 1 aromatic heterocycles. The number of aromatic amines is 1. The zero-order chi connectivity index (χ0) is 25.6. The Morgan fingerprint density at radius 1 is 1.38 bits per heavy atom. The Labute approximate surface area is 195 Å². The van der Waals surface area contributed by atoms with E-state index >= 15 is 0 Å². The molecule has 0 aliphatic rings. The molecule has 1 heterocycles. The summed E-state index contributed by atoms with van der Waals surface area (Å²) in [6, 6.07) is 1.86. The van der Waals surface area contributed by atoms with Crippen molar-refractivity contribution in [1.29, 1.82) is 5.26 Å². The van der Waals surface area contributed by atoms with Crippen LogP contribution >= 0.6 is 23.2 Å². The Hall–Kier alpha value is -3.62. The van der Waals surface area contributed by atoms with E-state index in [0.29, 0.717) is 5.56 Å². The van der Waals surface area contributed by atoms with E-state index in [-0.39, 0.29) is 39.9 Å². The minimum atomic E-state index is -1.17. The molecule has 0 unspecified atom stereocenters. The van der Waals surface area contributed by atoms with Crippen LogP contribution in [0.25, 0.3) is 0 Å². The number of nitrogens with one attached hydrogen (secondary N) is 3. The molecule has 2 aromatic rings. The number of nitrogens with zero attached hydrogens (tertiary/aromatic N) is 3. The largest absolute Gasteiger partial charge is 0.450 e. The summed E-state index contributed by atoms with van der Waals surface area (Å²) in [5.74, 6) is -1.67. The Morgan fingerprint density at radius 2 is 2.03 bits per heavy atom. The number of carbonyl (C=O) groups excluding carboxylic acids is 2. The number of benzene rings is 1. The average Bonchev–Trinajstić information content (AvgIpc) is 2.78. The third-order valence-corrected chi connectivity index (χ3v) is 4.13. The number of halogens is 2. The van der Waals surface area contributed by atoms with Gasteiger partial charge in [-0.2, -0.15) is 10.4 Å². The average molecular weight is 483 g/mol. The van der Waals surface area contributed by atoms with Gasteiger partial charge in [-0.05, 0) is 24.9 Å². The summed E-state index contributed by atoms with van der Waals surface area (Å²) in [5.41, 5.74) is 1.05. The molecule has 0 spiro atoms. The first-order chi connectivity index (χ1) is 16.0. The lowest BCUT2D eigenvalue weighted by Crippen LogP contribution is -2.36. The zero-order valence-electron chi connectivity index (χ0n) is 19.0. The number of nitriles is 1. The fraction of sp³-hybridized carbons (Fsp3) is 0.263. The number of anilines is 1. The predicted octanol–water partition coefficient (Wildman–Crippen LogP) is 3.56. The van der Waals surface area contributed by atoms with Crippen LogP contribution in [0.15, 0.2) is 28.0 Å². The molecular weight excluding hydrogens is 463 g/mol. The van der Waals surface area contributed by atoms with Crippen molar-refractivity contribution in [2.45, 2.75) is 26.7 Å². The SMILES string of the molecule is [2H]c1c(Cl)c(Oc2cc(C(C)C)c(=O)[nH]n2)c(Cl)c([2H])c1N/N=C(\C#N)C(=O)NC(=O)OCC. The predicted molar refractivity (Wildman–Crippen MR) is 117 cm³/mol. The Balaban J connectivity index is 2.38. The van der Waals surface area contributed by atoms with Gasteiger partial charge in [0, 0.05) is 11.6 Å². The molecule has 0 aliphatic heterocycles. The highest BCUT2D eigenvalue weighted by Gasteiger charge is 2.17. The van der Waals surface area contributed by atoms with Gasteiger partial charge in [0.25, 0.3) is 11.5 Å². The van der Waals surface area contributed by atoms with E-state index in [1.807, 2.05) is 0 Å². The number of alkyl carbamates (subject to hydrolysis) is 1. The van der Waals surface area contributed by atoms with Crippen LogP contribution in [0.5, 0.6) is 11.6 Å². The molecule has 0 saturated carbocycles. The zero-order valence-corrected chi connectivity index (χ0v) is 18.5. The van der Waals surface area contributed by atoms with Crippen molar-refractivity contribution in [2.75, 3.05) is 12.0 Å². The van der Waals surface area contributed by atoms with E-state index in [4.69, 9.17) is 35.9 Å². The minimum Gasteiger partial charge on any atom is -0.450 e. The van der Waals surface area contributed by atoms with Gasteiger partial charge in [0.05, 0.1) is 25.1 Å². The van der Waals surface area contributed by atoms with E-state index in [1.54, 1.807) is 19.2 Å². The number of imide groups is 1. The summed E-state index contributed by atoms with van der Waals surface area (Å²) < 4.78 is 26.5. The highest BCUT2D eigenvalue weighted by molar-refractivity contribution is 6.47. The second-order valence-electron chi connectivity index (χ2n) is 6.19. The molecule has 32 heavy (non-hydrogen) atoms. The molecule has 13 heteroatoms. The van der Waals surface area contributed by atoms with Crippen molar-refractivity contribution in [3.05, 3.63) is 44.1 Å². The summed E-state index contributed by atoms with van der Waals surface area (Å²) in [7, 11) is 0. The Bertz CT molecular complexity index is 1230. The summed E-state index contributed by atoms with van der Waals surface area (Å²) in [6.45, 7) is 5.11. The molecule has 0 bridgehead atoms. The number of hydrogen-bond donors (Lipinski definition) is 3. The number of ether oxygens (including phenoxy) is 2. The molecule has 168 valence electrons. The third kappa shape index (κ3) is 6.44. The van der Waals surface area contributed by atoms with Crippen molar-refractivity contribution in [1.82, 2.24) is 15.5 Å². The molecule has 0 saturated heterocycles. The summed E-state index contributed by atoms with van der Waals surface area (Å²) in [5, 5.41) is 19.8. The van der Waals surface area contributed by atoms with Gasteiger partial charge >= 0.3 is 6.09 Å². The van der Waals surface area contributed by atoms with Crippen LogP contribution in [0.3, 0.4) is 0 Å². The number of hydrogen-bond acceptors (Lipinski definition) is 9. The van der Waals surface area contributed by atoms with Crippen molar-refractivity contribution in [3.8, 4) is 17.7 Å². The third-order valence-electron chi connectivity index (χ3n) is 3.60. The summed E-state index contributed by atoms with van der Waals surface area (Å²) >= 11 is 12.4. The first-order valence-electron chi connectivity index (χ1n) is 9.99. The van der Waals surface area contributed by atoms with Crippen LogP contribution in [-0.2, 0) is 9.53 Å². The van der Waals surface area contributed by atoms with E-state index in [1.165, 1.54) is 19.1 Å². The Kier molecular flexibility index (Phi) is 7.51. The van der Waals surface area contributed by atoms with Crippen LogP contribution in [-0.4, -0.2) is 34.5 Å². The van der Waals surface area contributed by atoms with Crippen LogP contribution in [0.4, 0.5) is 10.5 Å². The fourth-order valence-electron chi connectivity index (χ4n) is 2.15. The quantitative estimate of drug-likeness (QED) is 0.398. The maximum Gasteiger partial charge on any atom is 0.414 e. The lowest BCUT2D eigenvalue weighted by Gasteiger charge is -2.12. The summed E-state index contributed by atoms with van der Waals surface area (Å²) in [4.78, 5) is 35.1. The highest BCUT2D eigenvalue weighted by Crippen LogP contribution is 2.38. The number of hydrazone groups is 1. The number of H-pyrrole nitrogens is 1. The molecule has 0 radical (unpaired) electrons. The molecule has 0 fully saturated rings.